The number of hydrogen-bond donors (Lipinski definition) is 2. The van der Waals surface area contributed by atoms with E-state index in [1.165, 1.54) is 5.56 Å². The number of ether oxygens (including phenoxy) is 1. The van der Waals surface area contributed by atoms with Crippen molar-refractivity contribution in [3.8, 4) is 0 Å². The summed E-state index contributed by atoms with van der Waals surface area (Å²) in [4.78, 5) is 7.27. The number of guanidine groups is 1. The quantitative estimate of drug-likeness (QED) is 0.541. The fourth-order valence-electron chi connectivity index (χ4n) is 3.80. The molecule has 0 bridgehead atoms. The zero-order valence-electron chi connectivity index (χ0n) is 18.9. The molecule has 0 aliphatic carbocycles. The highest BCUT2D eigenvalue weighted by Crippen LogP contribution is 2.22. The van der Waals surface area contributed by atoms with Crippen LogP contribution in [0.25, 0.3) is 0 Å². The maximum absolute atomic E-state index is 5.99. The zero-order valence-corrected chi connectivity index (χ0v) is 18.9. The highest BCUT2D eigenvalue weighted by atomic mass is 16.5. The van der Waals surface area contributed by atoms with Crippen molar-refractivity contribution in [1.29, 1.82) is 0 Å². The van der Waals surface area contributed by atoms with Gasteiger partial charge in [-0.05, 0) is 33.3 Å². The van der Waals surface area contributed by atoms with Crippen molar-refractivity contribution in [3.05, 3.63) is 53.9 Å². The molecule has 164 valence electrons. The Bertz CT molecular complexity index is 816. The Morgan fingerprint density at radius 2 is 2.10 bits per heavy atom. The van der Waals surface area contributed by atoms with Crippen LogP contribution in [0, 0.1) is 0 Å². The predicted molar refractivity (Wildman–Crippen MR) is 122 cm³/mol. The topological polar surface area (TPSA) is 66.7 Å². The summed E-state index contributed by atoms with van der Waals surface area (Å²) in [5.41, 5.74) is 2.26. The van der Waals surface area contributed by atoms with E-state index in [9.17, 15) is 0 Å². The first kappa shape index (κ1) is 22.3. The maximum Gasteiger partial charge on any atom is 0.194 e. The first-order valence-electron chi connectivity index (χ1n) is 10.8. The van der Waals surface area contributed by atoms with E-state index in [1.54, 1.807) is 0 Å². The van der Waals surface area contributed by atoms with Gasteiger partial charge in [-0.2, -0.15) is 5.10 Å². The van der Waals surface area contributed by atoms with Crippen molar-refractivity contribution >= 4 is 5.96 Å². The fraction of sp³-hybridized carbons (Fsp3) is 0.565. The average molecular weight is 413 g/mol. The van der Waals surface area contributed by atoms with Crippen LogP contribution >= 0.6 is 0 Å². The minimum Gasteiger partial charge on any atom is -0.370 e. The van der Waals surface area contributed by atoms with Gasteiger partial charge in [-0.1, -0.05) is 30.3 Å². The van der Waals surface area contributed by atoms with Crippen LogP contribution in [-0.2, 0) is 11.8 Å². The lowest BCUT2D eigenvalue weighted by Gasteiger charge is -2.35. The van der Waals surface area contributed by atoms with Crippen LogP contribution in [0.1, 0.15) is 51.0 Å². The van der Waals surface area contributed by atoms with Gasteiger partial charge in [0.15, 0.2) is 5.96 Å². The maximum atomic E-state index is 5.99. The van der Waals surface area contributed by atoms with E-state index in [0.29, 0.717) is 13.2 Å². The Morgan fingerprint density at radius 3 is 2.77 bits per heavy atom. The first-order chi connectivity index (χ1) is 14.4. The number of aryl methyl sites for hydroxylation is 1. The lowest BCUT2D eigenvalue weighted by atomic mass is 10.0. The van der Waals surface area contributed by atoms with E-state index in [1.807, 2.05) is 24.1 Å². The van der Waals surface area contributed by atoms with Crippen LogP contribution < -0.4 is 10.6 Å². The largest absolute Gasteiger partial charge is 0.370 e. The summed E-state index contributed by atoms with van der Waals surface area (Å²) in [6.07, 6.45) is 3.92. The second kappa shape index (κ2) is 10.1. The molecule has 0 radical (unpaired) electrons. The van der Waals surface area contributed by atoms with Gasteiger partial charge >= 0.3 is 0 Å². The standard InChI is InChI=1S/C23H36N6O/c1-6-24-22(29-12-13-30-21(16-29)20-14-26-28(5)15-20)25-17-23(3,4)27-18(2)19-10-8-7-9-11-19/h7-11,14-15,18,21,27H,6,12-13,16-17H2,1-5H3,(H,24,25). The van der Waals surface area contributed by atoms with Crippen LogP contribution in [0.15, 0.2) is 47.7 Å². The highest BCUT2D eigenvalue weighted by molar-refractivity contribution is 5.80. The molecule has 0 saturated carbocycles. The average Bonchev–Trinajstić information content (AvgIpc) is 3.18. The van der Waals surface area contributed by atoms with Crippen molar-refractivity contribution in [1.82, 2.24) is 25.3 Å². The van der Waals surface area contributed by atoms with E-state index >= 15 is 0 Å². The van der Waals surface area contributed by atoms with Crippen molar-refractivity contribution < 1.29 is 4.74 Å². The molecule has 1 saturated heterocycles. The monoisotopic (exact) mass is 412 g/mol. The molecule has 0 amide bonds. The van der Waals surface area contributed by atoms with Gasteiger partial charge in [-0.3, -0.25) is 9.67 Å². The molecule has 1 fully saturated rings. The Hall–Kier alpha value is -2.38. The second-order valence-corrected chi connectivity index (χ2v) is 8.58. The third-order valence-electron chi connectivity index (χ3n) is 5.33. The second-order valence-electron chi connectivity index (χ2n) is 8.58. The Labute approximate surface area is 180 Å². The molecule has 1 aliphatic rings. The summed E-state index contributed by atoms with van der Waals surface area (Å²) < 4.78 is 7.81. The normalized spacial score (nSPS) is 19.0. The number of aliphatic imine (C=N–C) groups is 1. The number of nitrogens with zero attached hydrogens (tertiary/aromatic N) is 4. The summed E-state index contributed by atoms with van der Waals surface area (Å²) in [5, 5.41) is 11.5. The molecule has 1 aliphatic heterocycles. The predicted octanol–water partition coefficient (Wildman–Crippen LogP) is 2.89. The summed E-state index contributed by atoms with van der Waals surface area (Å²) in [7, 11) is 1.93. The van der Waals surface area contributed by atoms with E-state index in [-0.39, 0.29) is 17.7 Å². The summed E-state index contributed by atoms with van der Waals surface area (Å²) >= 11 is 0. The van der Waals surface area contributed by atoms with Crippen molar-refractivity contribution in [2.75, 3.05) is 32.8 Å². The molecule has 1 aromatic carbocycles. The number of aromatic nitrogens is 2. The van der Waals surface area contributed by atoms with Crippen LogP contribution in [0.2, 0.25) is 0 Å². The van der Waals surface area contributed by atoms with Crippen LogP contribution in [-0.4, -0.2) is 59.0 Å². The molecule has 2 atom stereocenters. The van der Waals surface area contributed by atoms with Gasteiger partial charge in [-0.25, -0.2) is 0 Å². The lowest BCUT2D eigenvalue weighted by molar-refractivity contribution is -0.00807. The van der Waals surface area contributed by atoms with Gasteiger partial charge in [0.1, 0.15) is 6.10 Å². The number of morpholine rings is 1. The minimum atomic E-state index is -0.134. The number of nitrogens with one attached hydrogen (secondary N) is 2. The van der Waals surface area contributed by atoms with E-state index in [2.05, 4.69) is 78.7 Å². The minimum absolute atomic E-state index is 0.0144. The molecule has 2 N–H and O–H groups in total. The Morgan fingerprint density at radius 1 is 1.33 bits per heavy atom. The Balaban J connectivity index is 1.65. The van der Waals surface area contributed by atoms with E-state index < -0.39 is 0 Å². The van der Waals surface area contributed by atoms with Gasteiger partial charge in [0.25, 0.3) is 0 Å². The van der Waals surface area contributed by atoms with Crippen LogP contribution in [0.4, 0.5) is 0 Å². The third kappa shape index (κ3) is 6.06. The SMILES string of the molecule is CCNC(=NCC(C)(C)NC(C)c1ccccc1)N1CCOC(c2cnn(C)c2)C1. The van der Waals surface area contributed by atoms with Crippen molar-refractivity contribution in [2.45, 2.75) is 45.4 Å². The van der Waals surface area contributed by atoms with Crippen LogP contribution in [0.3, 0.4) is 0 Å². The molecular weight excluding hydrogens is 376 g/mol. The molecule has 2 unspecified atom stereocenters. The summed E-state index contributed by atoms with van der Waals surface area (Å²) in [5.74, 6) is 0.942. The molecule has 7 heteroatoms. The molecule has 30 heavy (non-hydrogen) atoms. The van der Waals surface area contributed by atoms with Gasteiger partial charge in [-0.15, -0.1) is 0 Å². The van der Waals surface area contributed by atoms with Gasteiger partial charge in [0.2, 0.25) is 0 Å². The van der Waals surface area contributed by atoms with Crippen LogP contribution in [0.5, 0.6) is 0 Å². The first-order valence-corrected chi connectivity index (χ1v) is 10.8. The van der Waals surface area contributed by atoms with Crippen molar-refractivity contribution in [2.24, 2.45) is 12.0 Å². The number of benzene rings is 1. The molecule has 1 aromatic heterocycles. The summed E-state index contributed by atoms with van der Waals surface area (Å²) in [6, 6.07) is 10.8. The molecule has 3 rings (SSSR count). The molecule has 0 spiro atoms. The summed E-state index contributed by atoms with van der Waals surface area (Å²) in [6.45, 7) is 12.5. The lowest BCUT2D eigenvalue weighted by Crippen LogP contribution is -2.49. The van der Waals surface area contributed by atoms with E-state index in [0.717, 1.165) is 31.2 Å². The molecule has 2 heterocycles. The fourth-order valence-corrected chi connectivity index (χ4v) is 3.80. The number of rotatable bonds is 7. The van der Waals surface area contributed by atoms with Gasteiger partial charge in [0.05, 0.1) is 25.9 Å². The van der Waals surface area contributed by atoms with Gasteiger partial charge < -0.3 is 20.3 Å². The smallest absolute Gasteiger partial charge is 0.194 e. The molecule has 2 aromatic rings. The third-order valence-corrected chi connectivity index (χ3v) is 5.33. The highest BCUT2D eigenvalue weighted by Gasteiger charge is 2.26. The van der Waals surface area contributed by atoms with Gasteiger partial charge in [0, 0.05) is 43.5 Å². The zero-order chi connectivity index (χ0) is 21.6. The number of hydrogen-bond acceptors (Lipinski definition) is 4. The van der Waals surface area contributed by atoms with E-state index in [4.69, 9.17) is 9.73 Å². The van der Waals surface area contributed by atoms with Crippen molar-refractivity contribution in [3.63, 3.8) is 0 Å². The Kier molecular flexibility index (Phi) is 7.50. The molecule has 7 nitrogen and oxygen atoms in total. The molecular formula is C23H36N6O.